The average Bonchev–Trinajstić information content (AvgIpc) is 2.25. The molecule has 0 aliphatic carbocycles. The van der Waals surface area contributed by atoms with Crippen LogP contribution < -0.4 is 4.74 Å². The third-order valence-electron chi connectivity index (χ3n) is 2.01. The molecule has 2 aromatic carbocycles. The zero-order chi connectivity index (χ0) is 12.4. The van der Waals surface area contributed by atoms with E-state index in [0.717, 1.165) is 0 Å². The second kappa shape index (κ2) is 5.14. The first-order chi connectivity index (χ1) is 8.06. The van der Waals surface area contributed by atoms with Gasteiger partial charge in [0.05, 0.1) is 8.95 Å². The smallest absolute Gasteiger partial charge is 0.141 e. The first-order valence-electron chi connectivity index (χ1n) is 4.64. The Morgan fingerprint density at radius 1 is 0.765 bits per heavy atom. The van der Waals surface area contributed by atoms with Crippen molar-refractivity contribution in [3.05, 3.63) is 57.0 Å². The Morgan fingerprint density at radius 2 is 1.18 bits per heavy atom. The van der Waals surface area contributed by atoms with E-state index in [1.54, 1.807) is 0 Å². The lowest BCUT2D eigenvalue weighted by atomic mass is 10.3. The Morgan fingerprint density at radius 3 is 1.53 bits per heavy atom. The van der Waals surface area contributed by atoms with Gasteiger partial charge in [-0.05, 0) is 68.3 Å². The maximum absolute atomic E-state index is 12.9. The van der Waals surface area contributed by atoms with Crippen LogP contribution in [0.3, 0.4) is 0 Å². The Labute approximate surface area is 114 Å². The average molecular weight is 364 g/mol. The molecule has 0 saturated heterocycles. The van der Waals surface area contributed by atoms with Gasteiger partial charge < -0.3 is 4.74 Å². The first kappa shape index (κ1) is 12.5. The summed E-state index contributed by atoms with van der Waals surface area (Å²) in [5, 5.41) is 0. The number of hydrogen-bond acceptors (Lipinski definition) is 1. The van der Waals surface area contributed by atoms with Crippen LogP contribution in [-0.2, 0) is 0 Å². The summed E-state index contributed by atoms with van der Waals surface area (Å²) >= 11 is 6.38. The monoisotopic (exact) mass is 362 g/mol. The van der Waals surface area contributed by atoms with Crippen LogP contribution in [-0.4, -0.2) is 0 Å². The van der Waals surface area contributed by atoms with E-state index in [2.05, 4.69) is 31.9 Å². The molecule has 0 atom stereocenters. The maximum Gasteiger partial charge on any atom is 0.141 e. The van der Waals surface area contributed by atoms with E-state index < -0.39 is 0 Å². The molecule has 2 rings (SSSR count). The Kier molecular flexibility index (Phi) is 3.79. The van der Waals surface area contributed by atoms with Crippen molar-refractivity contribution in [3.8, 4) is 11.5 Å². The minimum Gasteiger partial charge on any atom is -0.455 e. The van der Waals surface area contributed by atoms with E-state index in [1.807, 2.05) is 0 Å². The first-order valence-corrected chi connectivity index (χ1v) is 6.23. The molecule has 0 saturated carbocycles. The van der Waals surface area contributed by atoms with Gasteiger partial charge in [-0.15, -0.1) is 0 Å². The molecule has 2 aromatic rings. The molecule has 1 nitrogen and oxygen atoms in total. The highest BCUT2D eigenvalue weighted by Crippen LogP contribution is 2.34. The summed E-state index contributed by atoms with van der Waals surface area (Å²) in [6, 6.07) is 8.17. The minimum absolute atomic E-state index is 0.359. The number of rotatable bonds is 2. The van der Waals surface area contributed by atoms with Crippen LogP contribution >= 0.6 is 31.9 Å². The zero-order valence-electron chi connectivity index (χ0n) is 8.38. The van der Waals surface area contributed by atoms with Crippen LogP contribution in [0.1, 0.15) is 0 Å². The zero-order valence-corrected chi connectivity index (χ0v) is 11.6. The van der Waals surface area contributed by atoms with Crippen molar-refractivity contribution in [3.63, 3.8) is 0 Å². The quantitative estimate of drug-likeness (QED) is 0.705. The van der Waals surface area contributed by atoms with E-state index in [0.29, 0.717) is 20.4 Å². The molecule has 0 aliphatic heterocycles. The van der Waals surface area contributed by atoms with Crippen molar-refractivity contribution < 1.29 is 13.5 Å². The van der Waals surface area contributed by atoms with Gasteiger partial charge in [-0.3, -0.25) is 0 Å². The van der Waals surface area contributed by atoms with Crippen molar-refractivity contribution in [2.45, 2.75) is 0 Å². The van der Waals surface area contributed by atoms with Gasteiger partial charge in [-0.25, -0.2) is 8.78 Å². The van der Waals surface area contributed by atoms with Gasteiger partial charge in [-0.1, -0.05) is 0 Å². The molecule has 0 heterocycles. The highest BCUT2D eigenvalue weighted by Gasteiger charge is 2.07. The SMILES string of the molecule is Fc1ccc(Oc2ccc(F)cc2Br)c(Br)c1. The fourth-order valence-corrected chi connectivity index (χ4v) is 2.10. The number of benzene rings is 2. The maximum atomic E-state index is 12.9. The van der Waals surface area contributed by atoms with Crippen molar-refractivity contribution in [2.75, 3.05) is 0 Å². The summed E-state index contributed by atoms with van der Waals surface area (Å²) in [4.78, 5) is 0. The third kappa shape index (κ3) is 3.04. The third-order valence-corrected chi connectivity index (χ3v) is 3.25. The molecule has 88 valence electrons. The van der Waals surface area contributed by atoms with E-state index >= 15 is 0 Å². The lowest BCUT2D eigenvalue weighted by Gasteiger charge is -2.09. The van der Waals surface area contributed by atoms with Crippen LogP contribution in [0.2, 0.25) is 0 Å². The van der Waals surface area contributed by atoms with Crippen molar-refractivity contribution >= 4 is 31.9 Å². The predicted molar refractivity (Wildman–Crippen MR) is 68.3 cm³/mol. The lowest BCUT2D eigenvalue weighted by Crippen LogP contribution is -1.88. The number of halogens is 4. The summed E-state index contributed by atoms with van der Waals surface area (Å²) in [7, 11) is 0. The van der Waals surface area contributed by atoms with Gasteiger partial charge in [0.25, 0.3) is 0 Å². The van der Waals surface area contributed by atoms with Crippen molar-refractivity contribution in [2.24, 2.45) is 0 Å². The Balaban J connectivity index is 2.31. The Bertz CT molecular complexity index is 509. The van der Waals surface area contributed by atoms with E-state index in [-0.39, 0.29) is 11.6 Å². The van der Waals surface area contributed by atoms with Gasteiger partial charge in [0.2, 0.25) is 0 Å². The molecule has 0 spiro atoms. The molecule has 5 heteroatoms. The lowest BCUT2D eigenvalue weighted by molar-refractivity contribution is 0.472. The molecule has 0 amide bonds. The fraction of sp³-hybridized carbons (Fsp3) is 0. The Hall–Kier alpha value is -0.940. The molecule has 0 unspecified atom stereocenters. The largest absolute Gasteiger partial charge is 0.455 e. The van der Waals surface area contributed by atoms with Crippen LogP contribution in [0.25, 0.3) is 0 Å². The van der Waals surface area contributed by atoms with Gasteiger partial charge >= 0.3 is 0 Å². The molecular formula is C12H6Br2F2O. The van der Waals surface area contributed by atoms with Gasteiger partial charge in [0, 0.05) is 0 Å². The topological polar surface area (TPSA) is 9.23 Å². The number of hydrogen-bond donors (Lipinski definition) is 0. The van der Waals surface area contributed by atoms with E-state index in [1.165, 1.54) is 36.4 Å². The second-order valence-electron chi connectivity index (χ2n) is 3.25. The second-order valence-corrected chi connectivity index (χ2v) is 4.96. The summed E-state index contributed by atoms with van der Waals surface area (Å²) < 4.78 is 32.3. The summed E-state index contributed by atoms with van der Waals surface area (Å²) in [6.45, 7) is 0. The molecule has 0 aliphatic rings. The van der Waals surface area contributed by atoms with Gasteiger partial charge in [0.1, 0.15) is 23.1 Å². The van der Waals surface area contributed by atoms with Gasteiger partial charge in [0.15, 0.2) is 0 Å². The number of ether oxygens (including phenoxy) is 1. The normalized spacial score (nSPS) is 10.4. The predicted octanol–water partition coefficient (Wildman–Crippen LogP) is 5.28. The summed E-state index contributed by atoms with van der Waals surface area (Å²) in [5.41, 5.74) is 0. The van der Waals surface area contributed by atoms with Crippen LogP contribution in [0.4, 0.5) is 8.78 Å². The molecule has 0 bridgehead atoms. The molecule has 0 N–H and O–H groups in total. The van der Waals surface area contributed by atoms with Crippen LogP contribution in [0.5, 0.6) is 11.5 Å². The molecule has 0 radical (unpaired) electrons. The fourth-order valence-electron chi connectivity index (χ4n) is 1.23. The molecule has 17 heavy (non-hydrogen) atoms. The van der Waals surface area contributed by atoms with E-state index in [9.17, 15) is 8.78 Å². The van der Waals surface area contributed by atoms with Crippen molar-refractivity contribution in [1.29, 1.82) is 0 Å². The summed E-state index contributed by atoms with van der Waals surface area (Å²) in [6.07, 6.45) is 0. The highest BCUT2D eigenvalue weighted by atomic mass is 79.9. The van der Waals surface area contributed by atoms with Crippen molar-refractivity contribution in [1.82, 2.24) is 0 Å². The standard InChI is InChI=1S/C12H6Br2F2O/c13-9-5-7(15)1-3-11(9)17-12-4-2-8(16)6-10(12)14/h1-6H. The van der Waals surface area contributed by atoms with E-state index in [4.69, 9.17) is 4.74 Å². The summed E-state index contributed by atoms with van der Waals surface area (Å²) in [5.74, 6) is 0.196. The minimum atomic E-state index is -0.359. The van der Waals surface area contributed by atoms with Crippen LogP contribution in [0, 0.1) is 11.6 Å². The molecular weight excluding hydrogens is 358 g/mol. The van der Waals surface area contributed by atoms with Crippen LogP contribution in [0.15, 0.2) is 45.3 Å². The van der Waals surface area contributed by atoms with Gasteiger partial charge in [-0.2, -0.15) is 0 Å². The molecule has 0 fully saturated rings. The highest BCUT2D eigenvalue weighted by molar-refractivity contribution is 9.11. The molecule has 0 aromatic heterocycles.